The second kappa shape index (κ2) is 10.9. The lowest BCUT2D eigenvalue weighted by molar-refractivity contribution is -0.143. The molecule has 0 aliphatic rings. The maximum absolute atomic E-state index is 12.8. The fraction of sp³-hybridized carbons (Fsp3) is 0.185. The van der Waals surface area contributed by atoms with Gasteiger partial charge in [-0.2, -0.15) is 0 Å². The molecule has 4 rings (SSSR count). The normalized spacial score (nSPS) is 11.6. The lowest BCUT2D eigenvalue weighted by Crippen LogP contribution is -2.31. The quantitative estimate of drug-likeness (QED) is 0.270. The first-order chi connectivity index (χ1) is 16.9. The molecule has 0 bridgehead atoms. The van der Waals surface area contributed by atoms with E-state index in [9.17, 15) is 14.4 Å². The number of aryl methyl sites for hydroxylation is 1. The molecule has 1 N–H and O–H groups in total. The summed E-state index contributed by atoms with van der Waals surface area (Å²) in [5, 5.41) is 5.55. The molecular formula is C27H25N3O4S. The van der Waals surface area contributed by atoms with Crippen molar-refractivity contribution < 1.29 is 19.1 Å². The van der Waals surface area contributed by atoms with Gasteiger partial charge in [0, 0.05) is 34.1 Å². The number of amides is 1. The average molecular weight is 488 g/mol. The summed E-state index contributed by atoms with van der Waals surface area (Å²) >= 11 is 1.48. The third-order valence-electron chi connectivity index (χ3n) is 5.62. The van der Waals surface area contributed by atoms with Crippen LogP contribution in [-0.2, 0) is 9.53 Å². The smallest absolute Gasteiger partial charge is 0.308 e. The summed E-state index contributed by atoms with van der Waals surface area (Å²) in [4.78, 5) is 42.5. The number of carbonyl (C=O) groups excluding carboxylic acids is 3. The maximum atomic E-state index is 12.8. The van der Waals surface area contributed by atoms with Crippen molar-refractivity contribution in [3.05, 3.63) is 106 Å². The zero-order chi connectivity index (χ0) is 24.8. The van der Waals surface area contributed by atoms with E-state index in [4.69, 9.17) is 4.74 Å². The Labute approximate surface area is 207 Å². The van der Waals surface area contributed by atoms with Gasteiger partial charge in [-0.05, 0) is 37.6 Å². The van der Waals surface area contributed by atoms with Gasteiger partial charge < -0.3 is 10.1 Å². The van der Waals surface area contributed by atoms with Crippen LogP contribution < -0.4 is 5.32 Å². The molecule has 2 aromatic carbocycles. The Bertz CT molecular complexity index is 1320. The first-order valence-corrected chi connectivity index (χ1v) is 12.0. The Kier molecular flexibility index (Phi) is 7.52. The van der Waals surface area contributed by atoms with Crippen molar-refractivity contribution in [1.82, 2.24) is 14.9 Å². The monoisotopic (exact) mass is 487 g/mol. The minimum Gasteiger partial charge on any atom is -0.457 e. The highest BCUT2D eigenvalue weighted by molar-refractivity contribution is 7.12. The van der Waals surface area contributed by atoms with Crippen LogP contribution in [0.2, 0.25) is 0 Å². The predicted molar refractivity (Wildman–Crippen MR) is 134 cm³/mol. The Balaban J connectivity index is 1.42. The molecule has 7 nitrogen and oxygen atoms in total. The number of benzene rings is 2. The van der Waals surface area contributed by atoms with Crippen LogP contribution in [0.1, 0.15) is 50.1 Å². The highest BCUT2D eigenvalue weighted by Crippen LogP contribution is 2.23. The number of hydrogen-bond donors (Lipinski definition) is 1. The first kappa shape index (κ1) is 24.1. The molecule has 0 aliphatic carbocycles. The zero-order valence-corrected chi connectivity index (χ0v) is 20.2. The lowest BCUT2D eigenvalue weighted by atomic mass is 10.0. The Hall–Kier alpha value is -4.04. The molecular weight excluding hydrogens is 462 g/mol. The van der Waals surface area contributed by atoms with E-state index in [1.54, 1.807) is 36.5 Å². The summed E-state index contributed by atoms with van der Waals surface area (Å²) < 4.78 is 7.24. The average Bonchev–Trinajstić information content (AvgIpc) is 3.50. The molecule has 0 aliphatic heterocycles. The van der Waals surface area contributed by atoms with E-state index in [1.165, 1.54) is 11.3 Å². The second-order valence-corrected chi connectivity index (χ2v) is 8.90. The van der Waals surface area contributed by atoms with Crippen LogP contribution >= 0.6 is 11.3 Å². The van der Waals surface area contributed by atoms with Crippen LogP contribution in [0.15, 0.2) is 78.3 Å². The molecule has 0 spiro atoms. The number of thiazole rings is 1. The van der Waals surface area contributed by atoms with Gasteiger partial charge in [0.05, 0.1) is 12.5 Å². The van der Waals surface area contributed by atoms with Gasteiger partial charge in [-0.15, -0.1) is 11.3 Å². The number of nitrogens with zero attached hydrogens (tertiary/aromatic N) is 2. The molecule has 0 unspecified atom stereocenters. The minimum atomic E-state index is -0.596. The molecule has 2 aromatic heterocycles. The van der Waals surface area contributed by atoms with Crippen LogP contribution in [-0.4, -0.2) is 33.8 Å². The highest BCUT2D eigenvalue weighted by atomic mass is 32.1. The second-order valence-electron chi connectivity index (χ2n) is 8.03. The Morgan fingerprint density at radius 1 is 1.03 bits per heavy atom. The molecule has 8 heteroatoms. The number of aromatic nitrogens is 2. The van der Waals surface area contributed by atoms with Crippen molar-refractivity contribution in [2.75, 3.05) is 6.61 Å². The summed E-state index contributed by atoms with van der Waals surface area (Å²) in [6.45, 7) is 3.36. The maximum Gasteiger partial charge on any atom is 0.308 e. The van der Waals surface area contributed by atoms with Crippen molar-refractivity contribution in [3.8, 4) is 5.13 Å². The van der Waals surface area contributed by atoms with E-state index in [2.05, 4.69) is 10.3 Å². The third-order valence-corrected chi connectivity index (χ3v) is 6.38. The standard InChI is InChI=1S/C27H25N3O4S/c1-18-15-22(19(2)30(18)27-28-13-14-35-27)24(31)17-34-25(32)16-23(20-9-5-3-6-10-20)29-26(33)21-11-7-4-8-12-21/h3-15,23H,16-17H2,1-2H3,(H,29,33)/t23-/m1/s1. The van der Waals surface area contributed by atoms with Crippen molar-refractivity contribution in [1.29, 1.82) is 0 Å². The zero-order valence-electron chi connectivity index (χ0n) is 19.4. The Morgan fingerprint density at radius 3 is 2.37 bits per heavy atom. The summed E-state index contributed by atoms with van der Waals surface area (Å²) in [6, 6.07) is 19.2. The third kappa shape index (κ3) is 5.73. The van der Waals surface area contributed by atoms with Crippen molar-refractivity contribution in [2.24, 2.45) is 0 Å². The van der Waals surface area contributed by atoms with E-state index in [0.717, 1.165) is 22.1 Å². The van der Waals surface area contributed by atoms with Crippen LogP contribution in [0.25, 0.3) is 5.13 Å². The van der Waals surface area contributed by atoms with Gasteiger partial charge in [0.25, 0.3) is 5.91 Å². The van der Waals surface area contributed by atoms with Crippen molar-refractivity contribution in [3.63, 3.8) is 0 Å². The largest absolute Gasteiger partial charge is 0.457 e. The highest BCUT2D eigenvalue weighted by Gasteiger charge is 2.22. The summed E-state index contributed by atoms with van der Waals surface area (Å²) in [7, 11) is 0. The van der Waals surface area contributed by atoms with E-state index in [1.807, 2.05) is 60.2 Å². The molecule has 35 heavy (non-hydrogen) atoms. The van der Waals surface area contributed by atoms with E-state index in [-0.39, 0.29) is 24.7 Å². The minimum absolute atomic E-state index is 0.103. The molecule has 0 saturated heterocycles. The van der Waals surface area contributed by atoms with Crippen LogP contribution in [0.3, 0.4) is 0 Å². The van der Waals surface area contributed by atoms with Gasteiger partial charge in [-0.1, -0.05) is 48.5 Å². The summed E-state index contributed by atoms with van der Waals surface area (Å²) in [5.41, 5.74) is 3.37. The predicted octanol–water partition coefficient (Wildman–Crippen LogP) is 4.84. The van der Waals surface area contributed by atoms with E-state index < -0.39 is 12.0 Å². The van der Waals surface area contributed by atoms with Crippen LogP contribution in [0, 0.1) is 13.8 Å². The number of rotatable bonds is 9. The van der Waals surface area contributed by atoms with E-state index in [0.29, 0.717) is 11.1 Å². The number of ketones is 1. The SMILES string of the molecule is Cc1cc(C(=O)COC(=O)C[C@@H](NC(=O)c2ccccc2)c2ccccc2)c(C)n1-c1nccs1. The molecule has 0 fully saturated rings. The van der Waals surface area contributed by atoms with Gasteiger partial charge in [0.15, 0.2) is 11.7 Å². The fourth-order valence-corrected chi connectivity index (χ4v) is 4.64. The fourth-order valence-electron chi connectivity index (χ4n) is 3.88. The summed E-state index contributed by atoms with van der Waals surface area (Å²) in [5.74, 6) is -1.16. The van der Waals surface area contributed by atoms with Gasteiger partial charge >= 0.3 is 5.97 Å². The Morgan fingerprint density at radius 2 is 1.71 bits per heavy atom. The molecule has 178 valence electrons. The van der Waals surface area contributed by atoms with Crippen LogP contribution in [0.5, 0.6) is 0 Å². The molecule has 1 amide bonds. The topological polar surface area (TPSA) is 90.3 Å². The summed E-state index contributed by atoms with van der Waals surface area (Å²) in [6.07, 6.45) is 1.61. The van der Waals surface area contributed by atoms with Gasteiger partial charge in [-0.3, -0.25) is 19.0 Å². The lowest BCUT2D eigenvalue weighted by Gasteiger charge is -2.18. The number of nitrogens with one attached hydrogen (secondary N) is 1. The van der Waals surface area contributed by atoms with Crippen LogP contribution in [0.4, 0.5) is 0 Å². The first-order valence-electron chi connectivity index (χ1n) is 11.1. The molecule has 1 atom stereocenters. The molecule has 0 saturated carbocycles. The molecule has 0 radical (unpaired) electrons. The number of ether oxygens (including phenoxy) is 1. The molecule has 4 aromatic rings. The van der Waals surface area contributed by atoms with Gasteiger partial charge in [0.1, 0.15) is 0 Å². The van der Waals surface area contributed by atoms with E-state index >= 15 is 0 Å². The molecule has 2 heterocycles. The number of Topliss-reactive ketones (excluding diaryl/α,β-unsaturated/α-hetero) is 1. The number of hydrogen-bond acceptors (Lipinski definition) is 6. The van der Waals surface area contributed by atoms with Crippen molar-refractivity contribution in [2.45, 2.75) is 26.3 Å². The number of carbonyl (C=O) groups is 3. The number of esters is 1. The van der Waals surface area contributed by atoms with Gasteiger partial charge in [-0.25, -0.2) is 4.98 Å². The van der Waals surface area contributed by atoms with Crippen molar-refractivity contribution >= 4 is 29.0 Å². The van der Waals surface area contributed by atoms with Gasteiger partial charge in [0.2, 0.25) is 5.78 Å².